The van der Waals surface area contributed by atoms with Gasteiger partial charge in [-0.3, -0.25) is 4.79 Å². The molecular formula is C13H17Cl2FN2O. The second kappa shape index (κ2) is 7.68. The Bertz CT molecular complexity index is 437. The first-order valence-corrected chi connectivity index (χ1v) is 6.49. The van der Waals surface area contributed by atoms with Crippen LogP contribution in [-0.4, -0.2) is 18.5 Å². The zero-order valence-corrected chi connectivity index (χ0v) is 12.0. The molecule has 1 aliphatic heterocycles. The summed E-state index contributed by atoms with van der Waals surface area (Å²) in [6.45, 7) is 1.26. The zero-order chi connectivity index (χ0) is 13.0. The molecule has 1 fully saturated rings. The predicted octanol–water partition coefficient (Wildman–Crippen LogP) is 2.66. The van der Waals surface area contributed by atoms with Crippen molar-refractivity contribution in [2.75, 3.05) is 6.54 Å². The van der Waals surface area contributed by atoms with Crippen molar-refractivity contribution in [3.8, 4) is 0 Å². The number of carbonyl (C=O) groups is 1. The normalized spacial score (nSPS) is 18.5. The molecule has 0 radical (unpaired) electrons. The van der Waals surface area contributed by atoms with Gasteiger partial charge in [0.15, 0.2) is 0 Å². The van der Waals surface area contributed by atoms with Gasteiger partial charge in [-0.15, -0.1) is 12.4 Å². The summed E-state index contributed by atoms with van der Waals surface area (Å²) in [6, 6.07) is 4.36. The third-order valence-electron chi connectivity index (χ3n) is 3.08. The highest BCUT2D eigenvalue weighted by Crippen LogP contribution is 2.16. The minimum Gasteiger partial charge on any atom is -0.351 e. The van der Waals surface area contributed by atoms with Crippen molar-refractivity contribution < 1.29 is 9.18 Å². The molecule has 2 N–H and O–H groups in total. The second-order valence-corrected chi connectivity index (χ2v) is 4.88. The average Bonchev–Trinajstić information content (AvgIpc) is 2.41. The van der Waals surface area contributed by atoms with Gasteiger partial charge in [0, 0.05) is 6.54 Å². The molecule has 1 heterocycles. The van der Waals surface area contributed by atoms with E-state index in [-0.39, 0.29) is 29.4 Å². The fraction of sp³-hybridized carbons (Fsp3) is 0.462. The minimum atomic E-state index is -0.444. The Morgan fingerprint density at radius 1 is 1.47 bits per heavy atom. The number of nitrogens with one attached hydrogen (secondary N) is 2. The summed E-state index contributed by atoms with van der Waals surface area (Å²) < 4.78 is 13.0. The number of piperidine rings is 1. The number of amides is 1. The van der Waals surface area contributed by atoms with E-state index >= 15 is 0 Å². The van der Waals surface area contributed by atoms with Crippen LogP contribution in [0.1, 0.15) is 24.8 Å². The molecule has 3 nitrogen and oxygen atoms in total. The van der Waals surface area contributed by atoms with Crippen molar-refractivity contribution in [1.29, 1.82) is 0 Å². The van der Waals surface area contributed by atoms with Crippen LogP contribution in [0.5, 0.6) is 0 Å². The fourth-order valence-corrected chi connectivity index (χ4v) is 2.24. The number of hydrogen-bond acceptors (Lipinski definition) is 2. The van der Waals surface area contributed by atoms with Gasteiger partial charge in [0.05, 0.1) is 11.1 Å². The van der Waals surface area contributed by atoms with Crippen LogP contribution in [0.2, 0.25) is 5.02 Å². The first-order valence-electron chi connectivity index (χ1n) is 6.12. The van der Waals surface area contributed by atoms with Crippen molar-refractivity contribution >= 4 is 29.9 Å². The van der Waals surface area contributed by atoms with Gasteiger partial charge in [0.2, 0.25) is 5.91 Å². The quantitative estimate of drug-likeness (QED) is 0.901. The third-order valence-corrected chi connectivity index (χ3v) is 3.37. The predicted molar refractivity (Wildman–Crippen MR) is 76.1 cm³/mol. The van der Waals surface area contributed by atoms with Crippen molar-refractivity contribution in [1.82, 2.24) is 10.6 Å². The largest absolute Gasteiger partial charge is 0.351 e. The van der Waals surface area contributed by atoms with Crippen LogP contribution in [0, 0.1) is 5.82 Å². The van der Waals surface area contributed by atoms with Gasteiger partial charge in [-0.25, -0.2) is 4.39 Å². The summed E-state index contributed by atoms with van der Waals surface area (Å²) >= 11 is 5.68. The van der Waals surface area contributed by atoms with Crippen LogP contribution in [0.25, 0.3) is 0 Å². The molecule has 1 amide bonds. The summed E-state index contributed by atoms with van der Waals surface area (Å²) in [5.74, 6) is -0.448. The number of rotatable bonds is 3. The highest BCUT2D eigenvalue weighted by molar-refractivity contribution is 6.30. The molecule has 1 saturated heterocycles. The molecule has 6 heteroatoms. The van der Waals surface area contributed by atoms with Crippen LogP contribution in [0.4, 0.5) is 4.39 Å². The molecule has 0 unspecified atom stereocenters. The van der Waals surface area contributed by atoms with Crippen molar-refractivity contribution in [3.63, 3.8) is 0 Å². The van der Waals surface area contributed by atoms with Crippen molar-refractivity contribution in [2.24, 2.45) is 0 Å². The molecule has 0 aromatic heterocycles. The summed E-state index contributed by atoms with van der Waals surface area (Å²) in [6.07, 6.45) is 3.07. The van der Waals surface area contributed by atoms with Gasteiger partial charge in [0.25, 0.3) is 0 Å². The topological polar surface area (TPSA) is 41.1 Å². The van der Waals surface area contributed by atoms with E-state index in [1.165, 1.54) is 12.1 Å². The number of hydrogen-bond donors (Lipinski definition) is 2. The molecule has 0 bridgehead atoms. The lowest BCUT2D eigenvalue weighted by Gasteiger charge is -2.22. The molecule has 106 valence electrons. The van der Waals surface area contributed by atoms with Crippen LogP contribution < -0.4 is 10.6 Å². The van der Waals surface area contributed by atoms with E-state index in [0.717, 1.165) is 31.4 Å². The van der Waals surface area contributed by atoms with Gasteiger partial charge in [-0.05, 0) is 37.1 Å². The molecule has 1 aromatic rings. The first-order chi connectivity index (χ1) is 8.66. The Labute approximate surface area is 123 Å². The van der Waals surface area contributed by atoms with Crippen LogP contribution in [0.3, 0.4) is 0 Å². The van der Waals surface area contributed by atoms with E-state index in [1.807, 2.05) is 0 Å². The lowest BCUT2D eigenvalue weighted by Crippen LogP contribution is -2.46. The highest BCUT2D eigenvalue weighted by atomic mass is 35.5. The van der Waals surface area contributed by atoms with E-state index in [2.05, 4.69) is 10.6 Å². The molecule has 1 atom stereocenters. The molecule has 1 aliphatic rings. The maximum absolute atomic E-state index is 13.0. The molecule has 1 aromatic carbocycles. The Hall–Kier alpha value is -0.840. The zero-order valence-electron chi connectivity index (χ0n) is 10.4. The summed E-state index contributed by atoms with van der Waals surface area (Å²) in [5, 5.41) is 6.09. The monoisotopic (exact) mass is 306 g/mol. The van der Waals surface area contributed by atoms with Crippen LogP contribution >= 0.6 is 24.0 Å². The molecule has 0 aliphatic carbocycles. The molecule has 0 spiro atoms. The molecule has 0 saturated carbocycles. The number of halogens is 3. The standard InChI is InChI=1S/C13H16ClFN2O.ClH/c14-10-7-9(4-5-11(10)15)8-17-13(18)12-3-1-2-6-16-12;/h4-5,7,12,16H,1-3,6,8H2,(H,17,18);1H/t12-;/m0./s1. The van der Waals surface area contributed by atoms with Gasteiger partial charge >= 0.3 is 0 Å². The van der Waals surface area contributed by atoms with E-state index < -0.39 is 5.82 Å². The van der Waals surface area contributed by atoms with E-state index in [4.69, 9.17) is 11.6 Å². The molecule has 2 rings (SSSR count). The highest BCUT2D eigenvalue weighted by Gasteiger charge is 2.19. The third kappa shape index (κ3) is 4.64. The first kappa shape index (κ1) is 16.2. The summed E-state index contributed by atoms with van der Waals surface area (Å²) in [5.41, 5.74) is 0.797. The Morgan fingerprint density at radius 3 is 2.89 bits per heavy atom. The van der Waals surface area contributed by atoms with Gasteiger partial charge in [0.1, 0.15) is 5.82 Å². The number of carbonyl (C=O) groups excluding carboxylic acids is 1. The van der Waals surface area contributed by atoms with E-state index in [1.54, 1.807) is 6.07 Å². The Balaban J connectivity index is 0.00000180. The average molecular weight is 307 g/mol. The van der Waals surface area contributed by atoms with Gasteiger partial charge in [-0.2, -0.15) is 0 Å². The van der Waals surface area contributed by atoms with E-state index in [0.29, 0.717) is 6.54 Å². The lowest BCUT2D eigenvalue weighted by molar-refractivity contribution is -0.123. The van der Waals surface area contributed by atoms with Crippen LogP contribution in [-0.2, 0) is 11.3 Å². The summed E-state index contributed by atoms with van der Waals surface area (Å²) in [4.78, 5) is 11.8. The Morgan fingerprint density at radius 2 is 2.26 bits per heavy atom. The van der Waals surface area contributed by atoms with E-state index in [9.17, 15) is 9.18 Å². The number of benzene rings is 1. The maximum atomic E-state index is 13.0. The smallest absolute Gasteiger partial charge is 0.237 e. The van der Waals surface area contributed by atoms with Crippen LogP contribution in [0.15, 0.2) is 18.2 Å². The van der Waals surface area contributed by atoms with Gasteiger partial charge in [-0.1, -0.05) is 24.1 Å². The lowest BCUT2D eigenvalue weighted by atomic mass is 10.0. The SMILES string of the molecule is Cl.O=C(NCc1ccc(F)c(Cl)c1)[C@@H]1CCCCN1. The Kier molecular flexibility index (Phi) is 6.55. The summed E-state index contributed by atoms with van der Waals surface area (Å²) in [7, 11) is 0. The van der Waals surface area contributed by atoms with Crippen molar-refractivity contribution in [3.05, 3.63) is 34.6 Å². The molecular weight excluding hydrogens is 290 g/mol. The van der Waals surface area contributed by atoms with Gasteiger partial charge < -0.3 is 10.6 Å². The fourth-order valence-electron chi connectivity index (χ4n) is 2.04. The minimum absolute atomic E-state index is 0. The molecule has 19 heavy (non-hydrogen) atoms. The second-order valence-electron chi connectivity index (χ2n) is 4.47. The van der Waals surface area contributed by atoms with Crippen molar-refractivity contribution in [2.45, 2.75) is 31.8 Å². The maximum Gasteiger partial charge on any atom is 0.237 e.